The van der Waals surface area contributed by atoms with E-state index in [1.54, 1.807) is 12.1 Å². The normalized spacial score (nSPS) is 10.8. The van der Waals surface area contributed by atoms with Gasteiger partial charge >= 0.3 is 0 Å². The first-order valence-electron chi connectivity index (χ1n) is 7.52. The number of methoxy groups -OCH3 is 3. The van der Waals surface area contributed by atoms with Crippen molar-refractivity contribution in [1.82, 2.24) is 4.90 Å². The third-order valence-corrected chi connectivity index (χ3v) is 3.44. The standard InChI is InChI=1S/C17H26N2O5/c1-11(20)19(17(2,3)4)10-15(21)18-12-8-13(22-5)16(24-7)14(9-12)23-6/h8-9H,10H2,1-7H3,(H,18,21). The van der Waals surface area contributed by atoms with Crippen LogP contribution in [0.1, 0.15) is 27.7 Å². The number of carbonyl (C=O) groups excluding carboxylic acids is 2. The molecule has 0 fully saturated rings. The van der Waals surface area contributed by atoms with Crippen LogP contribution in [-0.4, -0.2) is 50.1 Å². The molecule has 0 aromatic heterocycles. The molecule has 134 valence electrons. The predicted molar refractivity (Wildman–Crippen MR) is 91.9 cm³/mol. The molecule has 0 spiro atoms. The highest BCUT2D eigenvalue weighted by atomic mass is 16.5. The van der Waals surface area contributed by atoms with Crippen LogP contribution in [0.5, 0.6) is 17.2 Å². The maximum atomic E-state index is 12.3. The van der Waals surface area contributed by atoms with Gasteiger partial charge in [-0.1, -0.05) is 0 Å². The minimum atomic E-state index is -0.446. The minimum Gasteiger partial charge on any atom is -0.493 e. The lowest BCUT2D eigenvalue weighted by atomic mass is 10.1. The Morgan fingerprint density at radius 2 is 1.54 bits per heavy atom. The summed E-state index contributed by atoms with van der Waals surface area (Å²) in [6.07, 6.45) is 0. The van der Waals surface area contributed by atoms with Gasteiger partial charge in [-0.3, -0.25) is 9.59 Å². The molecule has 0 bridgehead atoms. The van der Waals surface area contributed by atoms with E-state index in [1.807, 2.05) is 20.8 Å². The van der Waals surface area contributed by atoms with Crippen molar-refractivity contribution < 1.29 is 23.8 Å². The number of anilines is 1. The summed E-state index contributed by atoms with van der Waals surface area (Å²) in [7, 11) is 4.51. The molecule has 7 nitrogen and oxygen atoms in total. The average molecular weight is 338 g/mol. The number of hydrogen-bond acceptors (Lipinski definition) is 5. The van der Waals surface area contributed by atoms with Crippen molar-refractivity contribution in [2.45, 2.75) is 33.2 Å². The third kappa shape index (κ3) is 4.78. The molecule has 0 aliphatic heterocycles. The average Bonchev–Trinajstić information content (AvgIpc) is 2.50. The monoisotopic (exact) mass is 338 g/mol. The molecule has 0 aliphatic rings. The van der Waals surface area contributed by atoms with Crippen LogP contribution in [0.3, 0.4) is 0 Å². The molecule has 0 radical (unpaired) electrons. The van der Waals surface area contributed by atoms with Crippen LogP contribution in [0, 0.1) is 0 Å². The Hall–Kier alpha value is -2.44. The number of benzene rings is 1. The van der Waals surface area contributed by atoms with E-state index in [0.29, 0.717) is 22.9 Å². The smallest absolute Gasteiger partial charge is 0.244 e. The van der Waals surface area contributed by atoms with Crippen LogP contribution >= 0.6 is 0 Å². The zero-order chi connectivity index (χ0) is 18.5. The minimum absolute atomic E-state index is 0.0461. The molecule has 24 heavy (non-hydrogen) atoms. The second kappa shape index (κ2) is 7.90. The quantitative estimate of drug-likeness (QED) is 0.861. The molecule has 0 heterocycles. The van der Waals surface area contributed by atoms with Crippen LogP contribution in [-0.2, 0) is 9.59 Å². The summed E-state index contributed by atoms with van der Waals surface area (Å²) < 4.78 is 15.8. The Kier molecular flexibility index (Phi) is 6.45. The molecule has 0 unspecified atom stereocenters. The van der Waals surface area contributed by atoms with Gasteiger partial charge in [0.05, 0.1) is 21.3 Å². The number of ether oxygens (including phenoxy) is 3. The summed E-state index contributed by atoms with van der Waals surface area (Å²) in [6.45, 7) is 7.02. The lowest BCUT2D eigenvalue weighted by Crippen LogP contribution is -2.48. The van der Waals surface area contributed by atoms with Gasteiger partial charge in [0.15, 0.2) is 11.5 Å². The topological polar surface area (TPSA) is 77.1 Å². The fourth-order valence-corrected chi connectivity index (χ4v) is 2.32. The van der Waals surface area contributed by atoms with E-state index >= 15 is 0 Å². The Labute approximate surface area is 142 Å². The highest BCUT2D eigenvalue weighted by molar-refractivity contribution is 5.95. The first kappa shape index (κ1) is 19.6. The molecule has 1 aromatic carbocycles. The van der Waals surface area contributed by atoms with Crippen molar-refractivity contribution in [2.75, 3.05) is 33.2 Å². The summed E-state index contributed by atoms with van der Waals surface area (Å²) in [4.78, 5) is 25.6. The molecule has 1 aromatic rings. The number of carbonyl (C=O) groups is 2. The van der Waals surface area contributed by atoms with Crippen molar-refractivity contribution in [1.29, 1.82) is 0 Å². The number of amides is 2. The van der Waals surface area contributed by atoms with Crippen molar-refractivity contribution in [3.05, 3.63) is 12.1 Å². The van der Waals surface area contributed by atoms with Gasteiger partial charge in [-0.25, -0.2) is 0 Å². The molecule has 0 saturated heterocycles. The van der Waals surface area contributed by atoms with Crippen molar-refractivity contribution >= 4 is 17.5 Å². The fourth-order valence-electron chi connectivity index (χ4n) is 2.32. The van der Waals surface area contributed by atoms with Crippen LogP contribution in [0.2, 0.25) is 0 Å². The first-order valence-corrected chi connectivity index (χ1v) is 7.52. The van der Waals surface area contributed by atoms with E-state index in [2.05, 4.69) is 5.32 Å². The van der Waals surface area contributed by atoms with Crippen molar-refractivity contribution in [3.8, 4) is 17.2 Å². The van der Waals surface area contributed by atoms with E-state index in [1.165, 1.54) is 33.2 Å². The molecule has 0 saturated carbocycles. The molecule has 0 atom stereocenters. The van der Waals surface area contributed by atoms with Gasteiger partial charge in [-0.15, -0.1) is 0 Å². The molecular weight excluding hydrogens is 312 g/mol. The van der Waals surface area contributed by atoms with Crippen molar-refractivity contribution in [3.63, 3.8) is 0 Å². The third-order valence-electron chi connectivity index (χ3n) is 3.44. The molecule has 0 aliphatic carbocycles. The van der Waals surface area contributed by atoms with Crippen LogP contribution in [0.15, 0.2) is 12.1 Å². The lowest BCUT2D eigenvalue weighted by Gasteiger charge is -2.34. The predicted octanol–water partition coefficient (Wildman–Crippen LogP) is 2.30. The number of nitrogens with one attached hydrogen (secondary N) is 1. The summed E-state index contributed by atoms with van der Waals surface area (Å²) in [5, 5.41) is 2.75. The second-order valence-electron chi connectivity index (χ2n) is 6.24. The van der Waals surface area contributed by atoms with Gasteiger partial charge in [0, 0.05) is 30.3 Å². The van der Waals surface area contributed by atoms with Gasteiger partial charge in [0.1, 0.15) is 6.54 Å². The maximum Gasteiger partial charge on any atom is 0.244 e. The van der Waals surface area contributed by atoms with E-state index < -0.39 is 5.54 Å². The fraction of sp³-hybridized carbons (Fsp3) is 0.529. The number of hydrogen-bond donors (Lipinski definition) is 1. The van der Waals surface area contributed by atoms with Crippen LogP contribution < -0.4 is 19.5 Å². The number of rotatable bonds is 6. The first-order chi connectivity index (χ1) is 11.1. The van der Waals surface area contributed by atoms with Gasteiger partial charge < -0.3 is 24.4 Å². The van der Waals surface area contributed by atoms with Gasteiger partial charge in [0.25, 0.3) is 0 Å². The van der Waals surface area contributed by atoms with Crippen LogP contribution in [0.25, 0.3) is 0 Å². The van der Waals surface area contributed by atoms with E-state index in [4.69, 9.17) is 14.2 Å². The summed E-state index contributed by atoms with van der Waals surface area (Å²) in [5.41, 5.74) is 0.0465. The lowest BCUT2D eigenvalue weighted by molar-refractivity contribution is -0.137. The van der Waals surface area contributed by atoms with E-state index in [-0.39, 0.29) is 18.4 Å². The Morgan fingerprint density at radius 1 is 1.04 bits per heavy atom. The van der Waals surface area contributed by atoms with Gasteiger partial charge in [-0.05, 0) is 20.8 Å². The molecule has 1 rings (SSSR count). The van der Waals surface area contributed by atoms with Crippen LogP contribution in [0.4, 0.5) is 5.69 Å². The van der Waals surface area contributed by atoms with Gasteiger partial charge in [0.2, 0.25) is 17.6 Å². The highest BCUT2D eigenvalue weighted by Crippen LogP contribution is 2.39. The molecule has 7 heteroatoms. The van der Waals surface area contributed by atoms with E-state index in [9.17, 15) is 9.59 Å². The van der Waals surface area contributed by atoms with Gasteiger partial charge in [-0.2, -0.15) is 0 Å². The summed E-state index contributed by atoms with van der Waals surface area (Å²) in [5.74, 6) is 0.841. The highest BCUT2D eigenvalue weighted by Gasteiger charge is 2.26. The molecule has 1 N–H and O–H groups in total. The molecular formula is C17H26N2O5. The number of nitrogens with zero attached hydrogens (tertiary/aromatic N) is 1. The summed E-state index contributed by atoms with van der Waals surface area (Å²) in [6, 6.07) is 3.27. The SMILES string of the molecule is COc1cc(NC(=O)CN(C(C)=O)C(C)(C)C)cc(OC)c1OC. The second-order valence-corrected chi connectivity index (χ2v) is 6.24. The molecule has 2 amide bonds. The Balaban J connectivity index is 3.00. The van der Waals surface area contributed by atoms with E-state index in [0.717, 1.165) is 0 Å². The largest absolute Gasteiger partial charge is 0.493 e. The maximum absolute atomic E-state index is 12.3. The Bertz CT molecular complexity index is 582. The Morgan fingerprint density at radius 3 is 1.88 bits per heavy atom. The zero-order valence-electron chi connectivity index (χ0n) is 15.4. The zero-order valence-corrected chi connectivity index (χ0v) is 15.4. The van der Waals surface area contributed by atoms with Crippen molar-refractivity contribution in [2.24, 2.45) is 0 Å². The summed E-state index contributed by atoms with van der Waals surface area (Å²) >= 11 is 0.